The van der Waals surface area contributed by atoms with Crippen LogP contribution in [0.4, 0.5) is 11.4 Å². The van der Waals surface area contributed by atoms with Gasteiger partial charge in [-0.2, -0.15) is 0 Å². The maximum atomic E-state index is 11.0. The third-order valence-corrected chi connectivity index (χ3v) is 3.91. The van der Waals surface area contributed by atoms with Crippen LogP contribution in [0.5, 0.6) is 0 Å². The van der Waals surface area contributed by atoms with Gasteiger partial charge >= 0.3 is 0 Å². The van der Waals surface area contributed by atoms with E-state index in [1.165, 1.54) is 17.8 Å². The monoisotopic (exact) mass is 294 g/mol. The van der Waals surface area contributed by atoms with Crippen molar-refractivity contribution in [1.82, 2.24) is 0 Å². The van der Waals surface area contributed by atoms with Crippen LogP contribution in [0.15, 0.2) is 47.4 Å². The highest BCUT2D eigenvalue weighted by molar-refractivity contribution is 7.98. The fraction of sp³-hybridized carbons (Fsp3) is 0.0769. The average Bonchev–Trinajstić information content (AvgIpc) is 2.37. The van der Waals surface area contributed by atoms with Gasteiger partial charge in [-0.1, -0.05) is 23.7 Å². The molecule has 0 atom stereocenters. The van der Waals surface area contributed by atoms with Crippen molar-refractivity contribution in [2.45, 2.75) is 10.6 Å². The van der Waals surface area contributed by atoms with Gasteiger partial charge in [0.15, 0.2) is 0 Å². The van der Waals surface area contributed by atoms with E-state index in [0.717, 1.165) is 4.90 Å². The number of hydrogen-bond acceptors (Lipinski definition) is 4. The molecule has 2 N–H and O–H groups in total. The Balaban J connectivity index is 2.22. The van der Waals surface area contributed by atoms with E-state index in [9.17, 15) is 10.1 Å². The number of nitrogen functional groups attached to an aromatic ring is 1. The van der Waals surface area contributed by atoms with Gasteiger partial charge in [-0.25, -0.2) is 0 Å². The Morgan fingerprint density at radius 3 is 2.68 bits per heavy atom. The van der Waals surface area contributed by atoms with Gasteiger partial charge in [0.1, 0.15) is 0 Å². The third-order valence-electron chi connectivity index (χ3n) is 2.53. The van der Waals surface area contributed by atoms with E-state index in [2.05, 4.69) is 0 Å². The van der Waals surface area contributed by atoms with Gasteiger partial charge in [0.25, 0.3) is 5.69 Å². The topological polar surface area (TPSA) is 69.2 Å². The van der Waals surface area contributed by atoms with Crippen molar-refractivity contribution in [2.24, 2.45) is 0 Å². The fourth-order valence-electron chi connectivity index (χ4n) is 1.62. The molecule has 0 aliphatic carbocycles. The molecule has 0 amide bonds. The van der Waals surface area contributed by atoms with E-state index in [1.54, 1.807) is 18.2 Å². The maximum absolute atomic E-state index is 11.0. The standard InChI is InChI=1S/C13H11ClN2O2S/c14-12-5-2-6-13(16(17)18)11(12)8-19-10-4-1-3-9(15)7-10/h1-7H,8,15H2. The summed E-state index contributed by atoms with van der Waals surface area (Å²) < 4.78 is 0. The molecule has 0 aromatic heterocycles. The Hall–Kier alpha value is -1.72. The van der Waals surface area contributed by atoms with E-state index in [-0.39, 0.29) is 5.69 Å². The molecule has 0 fully saturated rings. The summed E-state index contributed by atoms with van der Waals surface area (Å²) in [5.41, 5.74) is 6.93. The van der Waals surface area contributed by atoms with Gasteiger partial charge in [0.2, 0.25) is 0 Å². The molecule has 0 aliphatic rings. The second-order valence-corrected chi connectivity index (χ2v) is 5.31. The van der Waals surface area contributed by atoms with Crippen molar-refractivity contribution in [3.8, 4) is 0 Å². The van der Waals surface area contributed by atoms with E-state index >= 15 is 0 Å². The number of nitro groups is 1. The van der Waals surface area contributed by atoms with Crippen LogP contribution >= 0.6 is 23.4 Å². The number of thioether (sulfide) groups is 1. The van der Waals surface area contributed by atoms with Crippen LogP contribution < -0.4 is 5.73 Å². The SMILES string of the molecule is Nc1cccc(SCc2c(Cl)cccc2[N+](=O)[O-])c1. The summed E-state index contributed by atoms with van der Waals surface area (Å²) in [4.78, 5) is 11.5. The van der Waals surface area contributed by atoms with Crippen LogP contribution in [0, 0.1) is 10.1 Å². The summed E-state index contributed by atoms with van der Waals surface area (Å²) in [5, 5.41) is 11.4. The zero-order valence-electron chi connectivity index (χ0n) is 9.88. The molecule has 0 spiro atoms. The number of hydrogen-bond donors (Lipinski definition) is 1. The summed E-state index contributed by atoms with van der Waals surface area (Å²) in [7, 11) is 0. The van der Waals surface area contributed by atoms with Gasteiger partial charge in [-0.05, 0) is 24.3 Å². The van der Waals surface area contributed by atoms with Gasteiger partial charge in [-0.15, -0.1) is 11.8 Å². The van der Waals surface area contributed by atoms with E-state index in [1.807, 2.05) is 18.2 Å². The first-order chi connectivity index (χ1) is 9.08. The first kappa shape index (κ1) is 13.7. The van der Waals surface area contributed by atoms with Gasteiger partial charge in [0.05, 0.1) is 15.5 Å². The van der Waals surface area contributed by atoms with Gasteiger partial charge < -0.3 is 5.73 Å². The van der Waals surface area contributed by atoms with Crippen LogP contribution in [0.3, 0.4) is 0 Å². The number of halogens is 1. The zero-order valence-corrected chi connectivity index (χ0v) is 11.4. The van der Waals surface area contributed by atoms with E-state index in [4.69, 9.17) is 17.3 Å². The van der Waals surface area contributed by atoms with Crippen LogP contribution in [0.2, 0.25) is 5.02 Å². The predicted molar refractivity (Wildman–Crippen MR) is 78.5 cm³/mol. The number of nitrogens with two attached hydrogens (primary N) is 1. The molecule has 0 heterocycles. The lowest BCUT2D eigenvalue weighted by atomic mass is 10.2. The zero-order chi connectivity index (χ0) is 13.8. The van der Waals surface area contributed by atoms with Crippen molar-refractivity contribution >= 4 is 34.7 Å². The van der Waals surface area contributed by atoms with Gasteiger partial charge in [-0.3, -0.25) is 10.1 Å². The van der Waals surface area contributed by atoms with Crippen LogP contribution in [0.1, 0.15) is 5.56 Å². The minimum atomic E-state index is -0.416. The molecule has 2 rings (SSSR count). The lowest BCUT2D eigenvalue weighted by molar-refractivity contribution is -0.385. The largest absolute Gasteiger partial charge is 0.399 e. The average molecular weight is 295 g/mol. The minimum Gasteiger partial charge on any atom is -0.399 e. The third kappa shape index (κ3) is 3.39. The van der Waals surface area contributed by atoms with Crippen molar-refractivity contribution < 1.29 is 4.92 Å². The molecule has 19 heavy (non-hydrogen) atoms. The molecule has 6 heteroatoms. The molecule has 4 nitrogen and oxygen atoms in total. The smallest absolute Gasteiger partial charge is 0.274 e. The van der Waals surface area contributed by atoms with Crippen LogP contribution in [-0.2, 0) is 5.75 Å². The van der Waals surface area contributed by atoms with Crippen molar-refractivity contribution in [2.75, 3.05) is 5.73 Å². The molecule has 0 saturated carbocycles. The summed E-state index contributed by atoms with van der Waals surface area (Å²) in [5.74, 6) is 0.430. The lowest BCUT2D eigenvalue weighted by Crippen LogP contribution is -1.95. The molecule has 0 radical (unpaired) electrons. The predicted octanol–water partition coefficient (Wildman–Crippen LogP) is 4.12. The Labute approximate surface area is 119 Å². The summed E-state index contributed by atoms with van der Waals surface area (Å²) in [6, 6.07) is 12.1. The molecule has 98 valence electrons. The summed E-state index contributed by atoms with van der Waals surface area (Å²) >= 11 is 7.49. The second-order valence-electron chi connectivity index (χ2n) is 3.86. The Bertz CT molecular complexity index is 619. The lowest BCUT2D eigenvalue weighted by Gasteiger charge is -2.06. The van der Waals surface area contributed by atoms with E-state index < -0.39 is 4.92 Å². The Morgan fingerprint density at radius 1 is 1.26 bits per heavy atom. The molecule has 0 saturated heterocycles. The second kappa shape index (κ2) is 5.95. The first-order valence-electron chi connectivity index (χ1n) is 5.48. The highest BCUT2D eigenvalue weighted by Gasteiger charge is 2.16. The highest BCUT2D eigenvalue weighted by Crippen LogP contribution is 2.33. The first-order valence-corrected chi connectivity index (χ1v) is 6.84. The molecule has 2 aromatic rings. The maximum Gasteiger partial charge on any atom is 0.274 e. The normalized spacial score (nSPS) is 10.4. The van der Waals surface area contributed by atoms with Crippen molar-refractivity contribution in [3.63, 3.8) is 0 Å². The van der Waals surface area contributed by atoms with Crippen LogP contribution in [0.25, 0.3) is 0 Å². The Morgan fingerprint density at radius 2 is 2.00 bits per heavy atom. The Kier molecular flexibility index (Phi) is 4.29. The molecular formula is C13H11ClN2O2S. The fourth-order valence-corrected chi connectivity index (χ4v) is 2.95. The quantitative estimate of drug-likeness (QED) is 0.398. The van der Waals surface area contributed by atoms with Crippen molar-refractivity contribution in [3.05, 3.63) is 63.2 Å². The number of nitrogens with zero attached hydrogens (tertiary/aromatic N) is 1. The summed E-state index contributed by atoms with van der Waals surface area (Å²) in [6.07, 6.45) is 0. The molecule has 0 bridgehead atoms. The molecular weight excluding hydrogens is 284 g/mol. The number of rotatable bonds is 4. The van der Waals surface area contributed by atoms with Gasteiger partial charge in [0, 0.05) is 22.4 Å². The van der Waals surface area contributed by atoms with Crippen LogP contribution in [-0.4, -0.2) is 4.92 Å². The minimum absolute atomic E-state index is 0.0453. The number of benzene rings is 2. The number of nitro benzene ring substituents is 1. The molecule has 0 aliphatic heterocycles. The highest BCUT2D eigenvalue weighted by atomic mass is 35.5. The summed E-state index contributed by atoms with van der Waals surface area (Å²) in [6.45, 7) is 0. The van der Waals surface area contributed by atoms with Crippen molar-refractivity contribution in [1.29, 1.82) is 0 Å². The van der Waals surface area contributed by atoms with E-state index in [0.29, 0.717) is 22.0 Å². The molecule has 0 unspecified atom stereocenters. The molecule has 2 aromatic carbocycles. The number of anilines is 1.